The third kappa shape index (κ3) is 6.13. The minimum atomic E-state index is -3.63. The molecule has 0 saturated heterocycles. The number of anilines is 4. The van der Waals surface area contributed by atoms with Crippen LogP contribution in [0.2, 0.25) is 5.02 Å². The van der Waals surface area contributed by atoms with E-state index in [2.05, 4.69) is 56.9 Å². The Morgan fingerprint density at radius 2 is 1.89 bits per heavy atom. The largest absolute Gasteiger partial charge is 0.489 e. The van der Waals surface area contributed by atoms with Gasteiger partial charge in [-0.3, -0.25) is 4.68 Å². The second kappa shape index (κ2) is 11.3. The van der Waals surface area contributed by atoms with Crippen molar-refractivity contribution in [3.8, 4) is 5.75 Å². The van der Waals surface area contributed by atoms with Crippen LogP contribution in [0.3, 0.4) is 0 Å². The molecule has 11 heteroatoms. The zero-order chi connectivity index (χ0) is 27.6. The molecule has 0 spiro atoms. The summed E-state index contributed by atoms with van der Waals surface area (Å²) >= 11 is 6.40. The Labute approximate surface area is 229 Å². The van der Waals surface area contributed by atoms with E-state index in [0.29, 0.717) is 11.6 Å². The maximum absolute atomic E-state index is 12.8. The Kier molecular flexibility index (Phi) is 8.32. The topological polar surface area (TPSA) is 111 Å². The minimum Gasteiger partial charge on any atom is -0.489 e. The van der Waals surface area contributed by atoms with E-state index in [0.717, 1.165) is 36.3 Å². The maximum atomic E-state index is 12.8. The number of allylic oxidation sites excluding steroid dienone is 2. The average Bonchev–Trinajstić information content (AvgIpc) is 3.23. The quantitative estimate of drug-likeness (QED) is 0.288. The van der Waals surface area contributed by atoms with Crippen molar-refractivity contribution in [1.29, 1.82) is 0 Å². The number of nitrogens with zero attached hydrogens (tertiary/aromatic N) is 4. The molecule has 0 amide bonds. The van der Waals surface area contributed by atoms with Crippen LogP contribution in [0.5, 0.6) is 5.75 Å². The summed E-state index contributed by atoms with van der Waals surface area (Å²) in [6, 6.07) is 4.18. The fourth-order valence-electron chi connectivity index (χ4n) is 4.42. The van der Waals surface area contributed by atoms with Crippen LogP contribution in [-0.2, 0) is 16.9 Å². The lowest BCUT2D eigenvalue weighted by Gasteiger charge is -2.24. The Hall–Kier alpha value is -3.11. The van der Waals surface area contributed by atoms with Crippen molar-refractivity contribution in [2.45, 2.75) is 76.2 Å². The van der Waals surface area contributed by atoms with Crippen molar-refractivity contribution in [2.75, 3.05) is 10.6 Å². The molecule has 0 radical (unpaired) electrons. The van der Waals surface area contributed by atoms with Gasteiger partial charge in [0.25, 0.3) is 0 Å². The predicted molar refractivity (Wildman–Crippen MR) is 152 cm³/mol. The highest BCUT2D eigenvalue weighted by molar-refractivity contribution is 7.92. The molecule has 204 valence electrons. The molecular formula is C27H35ClN6O3S. The third-order valence-electron chi connectivity index (χ3n) is 6.37. The third-order valence-corrected chi connectivity index (χ3v) is 8.73. The highest BCUT2D eigenvalue weighted by Crippen LogP contribution is 2.38. The summed E-state index contributed by atoms with van der Waals surface area (Å²) < 4.78 is 33.3. The molecule has 1 aliphatic rings. The molecule has 2 heterocycles. The van der Waals surface area contributed by atoms with Gasteiger partial charge in [0.15, 0.2) is 5.82 Å². The van der Waals surface area contributed by atoms with Crippen molar-refractivity contribution < 1.29 is 13.2 Å². The lowest BCUT2D eigenvalue weighted by molar-refractivity contribution is 0.243. The Morgan fingerprint density at radius 1 is 1.13 bits per heavy atom. The number of benzene rings is 1. The molecule has 9 nitrogen and oxygen atoms in total. The summed E-state index contributed by atoms with van der Waals surface area (Å²) in [6.45, 7) is 9.31. The predicted octanol–water partition coefficient (Wildman–Crippen LogP) is 6.45. The first kappa shape index (κ1) is 27.9. The SMILES string of the molecule is Cc1cc(Nc2ncc(Cl)c(Nc3cn(C)nc3S(=O)(=O)C(C)C)n2)c(OC(C)C)cc1C1CC=CCC1. The van der Waals surface area contributed by atoms with E-state index in [9.17, 15) is 8.42 Å². The van der Waals surface area contributed by atoms with Gasteiger partial charge in [0, 0.05) is 13.2 Å². The molecule has 1 atom stereocenters. The lowest BCUT2D eigenvalue weighted by atomic mass is 9.85. The molecule has 4 rings (SSSR count). The molecule has 0 bridgehead atoms. The zero-order valence-corrected chi connectivity index (χ0v) is 24.2. The smallest absolute Gasteiger partial charge is 0.229 e. The monoisotopic (exact) mass is 558 g/mol. The van der Waals surface area contributed by atoms with Crippen LogP contribution in [-0.4, -0.2) is 39.5 Å². The fourth-order valence-corrected chi connectivity index (χ4v) is 5.66. The van der Waals surface area contributed by atoms with Crippen molar-refractivity contribution in [2.24, 2.45) is 7.05 Å². The number of ether oxygens (including phenoxy) is 1. The molecule has 2 N–H and O–H groups in total. The van der Waals surface area contributed by atoms with Gasteiger partial charge in [0.05, 0.1) is 28.9 Å². The first-order valence-corrected chi connectivity index (χ1v) is 14.7. The van der Waals surface area contributed by atoms with Gasteiger partial charge < -0.3 is 15.4 Å². The highest BCUT2D eigenvalue weighted by atomic mass is 35.5. The summed E-state index contributed by atoms with van der Waals surface area (Å²) in [7, 11) is -1.97. The van der Waals surface area contributed by atoms with Gasteiger partial charge in [-0.2, -0.15) is 10.1 Å². The molecule has 0 fully saturated rings. The van der Waals surface area contributed by atoms with Crippen LogP contribution < -0.4 is 15.4 Å². The molecule has 1 unspecified atom stereocenters. The van der Waals surface area contributed by atoms with Crippen LogP contribution in [0.1, 0.15) is 64.0 Å². The van der Waals surface area contributed by atoms with Crippen LogP contribution in [0.15, 0.2) is 41.7 Å². The zero-order valence-electron chi connectivity index (χ0n) is 22.6. The second-order valence-electron chi connectivity index (χ2n) is 10.1. The van der Waals surface area contributed by atoms with Gasteiger partial charge in [-0.1, -0.05) is 23.8 Å². The van der Waals surface area contributed by atoms with Gasteiger partial charge in [0.2, 0.25) is 20.8 Å². The molecule has 1 aliphatic carbocycles. The van der Waals surface area contributed by atoms with Crippen LogP contribution in [0.4, 0.5) is 23.1 Å². The standard InChI is InChI=1S/C27H35ClN6O3S/c1-16(2)37-24-13-20(19-10-8-7-9-11-19)18(5)12-22(24)31-27-29-14-21(28)25(32-27)30-23-15-34(6)33-26(23)38(35,36)17(3)4/h7-8,12-17,19H,9-11H2,1-6H3,(H2,29,30,31,32). The number of rotatable bonds is 9. The van der Waals surface area contributed by atoms with E-state index in [4.69, 9.17) is 16.3 Å². The van der Waals surface area contributed by atoms with Gasteiger partial charge in [-0.25, -0.2) is 13.4 Å². The molecule has 2 aromatic heterocycles. The van der Waals surface area contributed by atoms with E-state index in [-0.39, 0.29) is 27.9 Å². The summed E-state index contributed by atoms with van der Waals surface area (Å²) in [6.07, 6.45) is 10.7. The van der Waals surface area contributed by atoms with E-state index in [1.54, 1.807) is 27.1 Å². The van der Waals surface area contributed by atoms with Crippen LogP contribution in [0, 0.1) is 6.92 Å². The Morgan fingerprint density at radius 3 is 2.55 bits per heavy atom. The number of halogens is 1. The number of hydrogen-bond donors (Lipinski definition) is 2. The summed E-state index contributed by atoms with van der Waals surface area (Å²) in [4.78, 5) is 8.89. The second-order valence-corrected chi connectivity index (χ2v) is 12.9. The summed E-state index contributed by atoms with van der Waals surface area (Å²) in [5, 5.41) is 10.0. The van der Waals surface area contributed by atoms with Crippen LogP contribution >= 0.6 is 11.6 Å². The van der Waals surface area contributed by atoms with E-state index < -0.39 is 15.1 Å². The number of aryl methyl sites for hydroxylation is 2. The van der Waals surface area contributed by atoms with Gasteiger partial charge in [0.1, 0.15) is 10.8 Å². The first-order chi connectivity index (χ1) is 18.0. The van der Waals surface area contributed by atoms with Crippen LogP contribution in [0.25, 0.3) is 0 Å². The summed E-state index contributed by atoms with van der Waals surface area (Å²) in [5.74, 6) is 1.73. The van der Waals surface area contributed by atoms with Gasteiger partial charge >= 0.3 is 0 Å². The van der Waals surface area contributed by atoms with E-state index >= 15 is 0 Å². The lowest BCUT2D eigenvalue weighted by Crippen LogP contribution is -2.16. The highest BCUT2D eigenvalue weighted by Gasteiger charge is 2.27. The molecule has 38 heavy (non-hydrogen) atoms. The van der Waals surface area contributed by atoms with Crippen molar-refractivity contribution in [1.82, 2.24) is 19.7 Å². The van der Waals surface area contributed by atoms with E-state index in [1.807, 2.05) is 13.8 Å². The number of sulfone groups is 1. The average molecular weight is 559 g/mol. The molecule has 0 saturated carbocycles. The number of aromatic nitrogens is 4. The Bertz CT molecular complexity index is 1450. The van der Waals surface area contributed by atoms with E-state index in [1.165, 1.54) is 16.4 Å². The number of nitrogens with one attached hydrogen (secondary N) is 2. The first-order valence-electron chi connectivity index (χ1n) is 12.8. The molecule has 0 aliphatic heterocycles. The van der Waals surface area contributed by atoms with Crippen molar-refractivity contribution in [3.05, 3.63) is 52.8 Å². The summed E-state index contributed by atoms with van der Waals surface area (Å²) in [5.41, 5.74) is 3.47. The number of hydrogen-bond acceptors (Lipinski definition) is 8. The van der Waals surface area contributed by atoms with Gasteiger partial charge in [-0.05, 0) is 83.1 Å². The minimum absolute atomic E-state index is 0.0207. The van der Waals surface area contributed by atoms with Gasteiger partial charge in [-0.15, -0.1) is 0 Å². The van der Waals surface area contributed by atoms with Crippen molar-refractivity contribution >= 4 is 44.6 Å². The molecule has 1 aromatic carbocycles. The van der Waals surface area contributed by atoms with Crippen molar-refractivity contribution in [3.63, 3.8) is 0 Å². The fraction of sp³-hybridized carbons (Fsp3) is 0.444. The Balaban J connectivity index is 1.66. The molecular weight excluding hydrogens is 524 g/mol. The normalized spacial score (nSPS) is 15.8. The molecule has 3 aromatic rings. The maximum Gasteiger partial charge on any atom is 0.229 e.